The van der Waals surface area contributed by atoms with Gasteiger partial charge in [0.2, 0.25) is 11.8 Å². The zero-order valence-corrected chi connectivity index (χ0v) is 16.0. The van der Waals surface area contributed by atoms with Crippen molar-refractivity contribution < 1.29 is 24.2 Å². The van der Waals surface area contributed by atoms with Crippen LogP contribution in [0.15, 0.2) is 24.4 Å². The van der Waals surface area contributed by atoms with Crippen LogP contribution in [0.2, 0.25) is 0 Å². The summed E-state index contributed by atoms with van der Waals surface area (Å²) in [5.74, 6) is -0.215. The third-order valence-electron chi connectivity index (χ3n) is 4.67. The molecule has 1 fully saturated rings. The van der Waals surface area contributed by atoms with Gasteiger partial charge in [-0.15, -0.1) is 0 Å². The fraction of sp³-hybridized carbons (Fsp3) is 0.450. The van der Waals surface area contributed by atoms with E-state index < -0.39 is 5.91 Å². The van der Waals surface area contributed by atoms with Crippen LogP contribution in [-0.4, -0.2) is 47.3 Å². The second-order valence-electron chi connectivity index (χ2n) is 7.17. The second kappa shape index (κ2) is 8.43. The number of rotatable bonds is 8. The number of nitrogens with zero attached hydrogens (tertiary/aromatic N) is 1. The minimum absolute atomic E-state index is 0.0269. The molecule has 4 N–H and O–H groups in total. The van der Waals surface area contributed by atoms with Crippen LogP contribution in [-0.2, 0) is 4.79 Å². The maximum atomic E-state index is 11.8. The predicted octanol–water partition coefficient (Wildman–Crippen LogP) is 1.39. The molecule has 0 bridgehead atoms. The van der Waals surface area contributed by atoms with Gasteiger partial charge >= 0.3 is 0 Å². The predicted molar refractivity (Wildman–Crippen MR) is 103 cm³/mol. The molecular formula is C20H25N3O5. The highest BCUT2D eigenvalue weighted by Crippen LogP contribution is 2.31. The Balaban J connectivity index is 1.77. The molecule has 2 heterocycles. The maximum Gasteiger partial charge on any atom is 0.252 e. The van der Waals surface area contributed by atoms with Crippen LogP contribution in [0.5, 0.6) is 11.6 Å². The molecule has 2 aromatic rings. The lowest BCUT2D eigenvalue weighted by atomic mass is 10.0. The van der Waals surface area contributed by atoms with Crippen molar-refractivity contribution in [2.45, 2.75) is 38.8 Å². The molecule has 1 aromatic carbocycles. The van der Waals surface area contributed by atoms with Crippen LogP contribution in [0.1, 0.15) is 37.0 Å². The van der Waals surface area contributed by atoms with E-state index in [0.717, 1.165) is 5.39 Å². The highest BCUT2D eigenvalue weighted by molar-refractivity contribution is 6.01. The first-order valence-corrected chi connectivity index (χ1v) is 9.32. The molecule has 0 spiro atoms. The molecule has 8 heteroatoms. The van der Waals surface area contributed by atoms with Crippen molar-refractivity contribution in [3.05, 3.63) is 30.0 Å². The van der Waals surface area contributed by atoms with Crippen LogP contribution >= 0.6 is 0 Å². The van der Waals surface area contributed by atoms with Crippen molar-refractivity contribution in [3.63, 3.8) is 0 Å². The van der Waals surface area contributed by atoms with Crippen LogP contribution < -0.4 is 20.5 Å². The molecule has 2 amide bonds. The number of aliphatic hydroxyl groups is 1. The summed E-state index contributed by atoms with van der Waals surface area (Å²) < 4.78 is 11.6. The van der Waals surface area contributed by atoms with Gasteiger partial charge in [0.05, 0.1) is 30.8 Å². The molecule has 0 saturated carbocycles. The van der Waals surface area contributed by atoms with E-state index in [4.69, 9.17) is 15.2 Å². The van der Waals surface area contributed by atoms with Gasteiger partial charge in [-0.3, -0.25) is 9.59 Å². The van der Waals surface area contributed by atoms with Gasteiger partial charge in [0, 0.05) is 24.0 Å². The van der Waals surface area contributed by atoms with Crippen molar-refractivity contribution >= 4 is 22.6 Å². The number of hydrogen-bond donors (Lipinski definition) is 3. The van der Waals surface area contributed by atoms with E-state index in [1.807, 2.05) is 13.8 Å². The highest BCUT2D eigenvalue weighted by Gasteiger charge is 2.31. The summed E-state index contributed by atoms with van der Waals surface area (Å²) in [5, 5.41) is 13.5. The molecule has 1 aliphatic rings. The van der Waals surface area contributed by atoms with Gasteiger partial charge in [0.15, 0.2) is 0 Å². The van der Waals surface area contributed by atoms with Crippen LogP contribution in [0.25, 0.3) is 10.8 Å². The summed E-state index contributed by atoms with van der Waals surface area (Å²) in [4.78, 5) is 27.7. The molecule has 8 nitrogen and oxygen atoms in total. The fourth-order valence-corrected chi connectivity index (χ4v) is 3.31. The van der Waals surface area contributed by atoms with Crippen molar-refractivity contribution in [2.75, 3.05) is 13.2 Å². The van der Waals surface area contributed by atoms with Gasteiger partial charge in [-0.2, -0.15) is 0 Å². The van der Waals surface area contributed by atoms with Crippen molar-refractivity contribution in [3.8, 4) is 11.6 Å². The van der Waals surface area contributed by atoms with E-state index in [1.165, 1.54) is 0 Å². The van der Waals surface area contributed by atoms with Crippen LogP contribution in [0, 0.1) is 5.92 Å². The third-order valence-corrected chi connectivity index (χ3v) is 4.67. The van der Waals surface area contributed by atoms with E-state index in [0.29, 0.717) is 42.0 Å². The number of aliphatic hydroxyl groups excluding tert-OH is 1. The number of ether oxygens (including phenoxy) is 2. The topological polar surface area (TPSA) is 124 Å². The minimum atomic E-state index is -0.563. The standard InChI is InChI=1S/C20H25N3O5/c1-11(2)28-17-9-15-12(8-16(17)18(21)25)3-5-22-20(15)27-6-4-14-7-13(10-24)19(26)23-14/h3,5,8-9,11,13-14,24H,4,6-7,10H2,1-2H3,(H2,21,25)(H,23,26)/t13?,14-/m1/s1. The molecular weight excluding hydrogens is 362 g/mol. The molecule has 0 aliphatic carbocycles. The smallest absolute Gasteiger partial charge is 0.252 e. The Bertz CT molecular complexity index is 884. The molecule has 1 unspecified atom stereocenters. The summed E-state index contributed by atoms with van der Waals surface area (Å²) in [6.07, 6.45) is 2.68. The Hall–Kier alpha value is -2.87. The summed E-state index contributed by atoms with van der Waals surface area (Å²) in [5.41, 5.74) is 5.79. The Kier molecular flexibility index (Phi) is 5.99. The molecule has 2 atom stereocenters. The number of primary amides is 1. The zero-order valence-electron chi connectivity index (χ0n) is 16.0. The van der Waals surface area contributed by atoms with E-state index in [1.54, 1.807) is 24.4 Å². The summed E-state index contributed by atoms with van der Waals surface area (Å²) >= 11 is 0. The first-order chi connectivity index (χ1) is 13.4. The van der Waals surface area contributed by atoms with Gasteiger partial charge in [0.1, 0.15) is 5.75 Å². The number of nitrogens with two attached hydrogens (primary N) is 1. The molecule has 0 radical (unpaired) electrons. The average Bonchev–Trinajstić information content (AvgIpc) is 3.00. The number of carbonyl (C=O) groups excluding carboxylic acids is 2. The largest absolute Gasteiger partial charge is 0.490 e. The second-order valence-corrected chi connectivity index (χ2v) is 7.17. The van der Waals surface area contributed by atoms with Gasteiger partial charge < -0.3 is 25.6 Å². The summed E-state index contributed by atoms with van der Waals surface area (Å²) in [6.45, 7) is 3.94. The van der Waals surface area contributed by atoms with Gasteiger partial charge in [-0.1, -0.05) is 0 Å². The van der Waals surface area contributed by atoms with Crippen molar-refractivity contribution in [1.82, 2.24) is 10.3 Å². The molecule has 1 aliphatic heterocycles. The van der Waals surface area contributed by atoms with E-state index in [-0.39, 0.29) is 30.6 Å². The average molecular weight is 387 g/mol. The number of aromatic nitrogens is 1. The molecule has 150 valence electrons. The molecule has 28 heavy (non-hydrogen) atoms. The van der Waals surface area contributed by atoms with E-state index in [9.17, 15) is 14.7 Å². The lowest BCUT2D eigenvalue weighted by molar-refractivity contribution is -0.123. The first-order valence-electron chi connectivity index (χ1n) is 9.32. The number of benzene rings is 1. The molecule has 1 saturated heterocycles. The fourth-order valence-electron chi connectivity index (χ4n) is 3.31. The van der Waals surface area contributed by atoms with Crippen molar-refractivity contribution in [1.29, 1.82) is 0 Å². The third kappa shape index (κ3) is 4.33. The Labute approximate surface area is 163 Å². The maximum absolute atomic E-state index is 11.8. The number of carbonyl (C=O) groups is 2. The van der Waals surface area contributed by atoms with Crippen LogP contribution in [0.4, 0.5) is 0 Å². The van der Waals surface area contributed by atoms with Crippen molar-refractivity contribution in [2.24, 2.45) is 11.7 Å². The van der Waals surface area contributed by atoms with Gasteiger partial charge in [0.25, 0.3) is 5.91 Å². The lowest BCUT2D eigenvalue weighted by Gasteiger charge is -2.16. The minimum Gasteiger partial charge on any atom is -0.490 e. The molecule has 1 aromatic heterocycles. The number of fused-ring (bicyclic) bond motifs is 1. The SMILES string of the molecule is CC(C)Oc1cc2c(OCC[C@@H]3CC(CO)C(=O)N3)nccc2cc1C(N)=O. The highest BCUT2D eigenvalue weighted by atomic mass is 16.5. The van der Waals surface area contributed by atoms with Gasteiger partial charge in [-0.25, -0.2) is 4.98 Å². The number of nitrogens with one attached hydrogen (secondary N) is 1. The lowest BCUT2D eigenvalue weighted by Crippen LogP contribution is -2.28. The Morgan fingerprint density at radius 1 is 1.43 bits per heavy atom. The number of pyridine rings is 1. The Morgan fingerprint density at radius 3 is 2.86 bits per heavy atom. The number of amides is 2. The number of hydrogen-bond acceptors (Lipinski definition) is 6. The first kappa shape index (κ1) is 19.9. The van der Waals surface area contributed by atoms with E-state index in [2.05, 4.69) is 10.3 Å². The summed E-state index contributed by atoms with van der Waals surface area (Å²) in [7, 11) is 0. The zero-order chi connectivity index (χ0) is 20.3. The monoisotopic (exact) mass is 387 g/mol. The molecule has 3 rings (SSSR count). The Morgan fingerprint density at radius 2 is 2.21 bits per heavy atom. The van der Waals surface area contributed by atoms with Crippen LogP contribution in [0.3, 0.4) is 0 Å². The van der Waals surface area contributed by atoms with E-state index >= 15 is 0 Å². The normalized spacial score (nSPS) is 19.1. The quantitative estimate of drug-likeness (QED) is 0.629. The van der Waals surface area contributed by atoms with Gasteiger partial charge in [-0.05, 0) is 43.9 Å². The summed E-state index contributed by atoms with van der Waals surface area (Å²) in [6, 6.07) is 5.14.